The van der Waals surface area contributed by atoms with Gasteiger partial charge >= 0.3 is 0 Å². The summed E-state index contributed by atoms with van der Waals surface area (Å²) in [6.07, 6.45) is 12.2. The Labute approximate surface area is 113 Å². The van der Waals surface area contributed by atoms with Gasteiger partial charge in [-0.2, -0.15) is 11.8 Å². The highest BCUT2D eigenvalue weighted by molar-refractivity contribution is 7.99. The predicted molar refractivity (Wildman–Crippen MR) is 82.8 cm³/mol. The summed E-state index contributed by atoms with van der Waals surface area (Å²) in [7, 11) is 0. The molecule has 104 valence electrons. The van der Waals surface area contributed by atoms with Crippen LogP contribution < -0.4 is 5.73 Å². The van der Waals surface area contributed by atoms with E-state index in [1.54, 1.807) is 0 Å². The molecule has 0 aliphatic carbocycles. The molecule has 2 unspecified atom stereocenters. The van der Waals surface area contributed by atoms with Crippen LogP contribution in [0, 0.1) is 0 Å². The van der Waals surface area contributed by atoms with Crippen molar-refractivity contribution >= 4 is 11.8 Å². The summed E-state index contributed by atoms with van der Waals surface area (Å²) in [6.45, 7) is 6.82. The first-order chi connectivity index (χ1) is 8.20. The third kappa shape index (κ3) is 12.6. The van der Waals surface area contributed by atoms with E-state index in [0.29, 0.717) is 6.04 Å². The summed E-state index contributed by atoms with van der Waals surface area (Å²) in [5.41, 5.74) is 6.12. The van der Waals surface area contributed by atoms with Crippen LogP contribution in [0.5, 0.6) is 0 Å². The zero-order valence-corrected chi connectivity index (χ0v) is 13.0. The smallest absolute Gasteiger partial charge is 0.0130 e. The molecule has 0 amide bonds. The zero-order chi connectivity index (χ0) is 12.9. The molecule has 0 bridgehead atoms. The van der Waals surface area contributed by atoms with Crippen molar-refractivity contribution in [3.63, 3.8) is 0 Å². The van der Waals surface area contributed by atoms with Crippen molar-refractivity contribution in [2.45, 2.75) is 89.9 Å². The monoisotopic (exact) mass is 259 g/mol. The highest BCUT2D eigenvalue weighted by atomic mass is 32.2. The van der Waals surface area contributed by atoms with E-state index in [4.69, 9.17) is 5.73 Å². The topological polar surface area (TPSA) is 26.0 Å². The second-order valence-electron chi connectivity index (χ2n) is 5.22. The fourth-order valence-electron chi connectivity index (χ4n) is 1.85. The first-order valence-corrected chi connectivity index (χ1v) is 8.62. The molecule has 0 spiro atoms. The van der Waals surface area contributed by atoms with E-state index >= 15 is 0 Å². The second-order valence-corrected chi connectivity index (χ2v) is 6.69. The standard InChI is InChI=1S/C15H33NS/c1-4-6-7-8-9-10-11-12-15(16)13-17-14(3)5-2/h14-15H,4-13,16H2,1-3H3. The molecule has 1 nitrogen and oxygen atoms in total. The normalized spacial score (nSPS) is 14.8. The van der Waals surface area contributed by atoms with Gasteiger partial charge in [0, 0.05) is 17.0 Å². The summed E-state index contributed by atoms with van der Waals surface area (Å²) in [4.78, 5) is 0. The molecule has 0 aromatic rings. The van der Waals surface area contributed by atoms with Gasteiger partial charge in [0.1, 0.15) is 0 Å². The lowest BCUT2D eigenvalue weighted by molar-refractivity contribution is 0.549. The third-order valence-corrected chi connectivity index (χ3v) is 4.87. The van der Waals surface area contributed by atoms with E-state index in [1.165, 1.54) is 57.8 Å². The Balaban J connectivity index is 3.19. The lowest BCUT2D eigenvalue weighted by Crippen LogP contribution is -2.23. The Kier molecular flexibility index (Phi) is 13.0. The van der Waals surface area contributed by atoms with E-state index in [9.17, 15) is 0 Å². The minimum atomic E-state index is 0.421. The first-order valence-electron chi connectivity index (χ1n) is 7.57. The largest absolute Gasteiger partial charge is 0.327 e. The molecule has 0 aliphatic heterocycles. The predicted octanol–water partition coefficient (Wildman–Crippen LogP) is 4.99. The fourth-order valence-corrected chi connectivity index (χ4v) is 2.83. The van der Waals surface area contributed by atoms with Gasteiger partial charge in [0.25, 0.3) is 0 Å². The average molecular weight is 260 g/mol. The number of unbranched alkanes of at least 4 members (excludes halogenated alkanes) is 6. The van der Waals surface area contributed by atoms with Gasteiger partial charge in [-0.1, -0.05) is 65.7 Å². The molecule has 0 rings (SSSR count). The van der Waals surface area contributed by atoms with Crippen LogP contribution in [-0.2, 0) is 0 Å². The van der Waals surface area contributed by atoms with Crippen LogP contribution in [-0.4, -0.2) is 17.0 Å². The average Bonchev–Trinajstić information content (AvgIpc) is 2.34. The van der Waals surface area contributed by atoms with E-state index < -0.39 is 0 Å². The molecular weight excluding hydrogens is 226 g/mol. The van der Waals surface area contributed by atoms with Crippen molar-refractivity contribution in [3.05, 3.63) is 0 Å². The molecule has 0 saturated heterocycles. The van der Waals surface area contributed by atoms with Crippen LogP contribution >= 0.6 is 11.8 Å². The van der Waals surface area contributed by atoms with Crippen molar-refractivity contribution in [3.8, 4) is 0 Å². The van der Waals surface area contributed by atoms with E-state index in [2.05, 4.69) is 20.8 Å². The van der Waals surface area contributed by atoms with Gasteiger partial charge in [-0.25, -0.2) is 0 Å². The minimum Gasteiger partial charge on any atom is -0.327 e. The third-order valence-electron chi connectivity index (χ3n) is 3.35. The molecule has 0 aromatic heterocycles. The zero-order valence-electron chi connectivity index (χ0n) is 12.2. The van der Waals surface area contributed by atoms with Crippen molar-refractivity contribution in [2.75, 3.05) is 5.75 Å². The number of rotatable bonds is 12. The van der Waals surface area contributed by atoms with Crippen molar-refractivity contribution < 1.29 is 0 Å². The maximum absolute atomic E-state index is 6.12. The molecular formula is C15H33NS. The minimum absolute atomic E-state index is 0.421. The quantitative estimate of drug-likeness (QED) is 0.500. The van der Waals surface area contributed by atoms with Crippen LogP contribution in [0.2, 0.25) is 0 Å². The van der Waals surface area contributed by atoms with Gasteiger partial charge in [-0.15, -0.1) is 0 Å². The van der Waals surface area contributed by atoms with Crippen molar-refractivity contribution in [1.29, 1.82) is 0 Å². The Bertz CT molecular complexity index is 150. The Hall–Kier alpha value is 0.310. The SMILES string of the molecule is CCCCCCCCCC(N)CSC(C)CC. The van der Waals surface area contributed by atoms with Gasteiger partial charge in [0.2, 0.25) is 0 Å². The number of hydrogen-bond acceptors (Lipinski definition) is 2. The Morgan fingerprint density at radius 3 is 2.12 bits per heavy atom. The lowest BCUT2D eigenvalue weighted by Gasteiger charge is -2.14. The Morgan fingerprint density at radius 2 is 1.53 bits per heavy atom. The van der Waals surface area contributed by atoms with Gasteiger partial charge in [0.15, 0.2) is 0 Å². The molecule has 2 atom stereocenters. The highest BCUT2D eigenvalue weighted by Gasteiger charge is 2.05. The van der Waals surface area contributed by atoms with Gasteiger partial charge < -0.3 is 5.73 Å². The second kappa shape index (κ2) is 12.8. The van der Waals surface area contributed by atoms with Crippen LogP contribution in [0.4, 0.5) is 0 Å². The summed E-state index contributed by atoms with van der Waals surface area (Å²) >= 11 is 2.03. The van der Waals surface area contributed by atoms with Gasteiger partial charge in [0.05, 0.1) is 0 Å². The van der Waals surface area contributed by atoms with Crippen molar-refractivity contribution in [2.24, 2.45) is 5.73 Å². The van der Waals surface area contributed by atoms with Crippen LogP contribution in [0.1, 0.15) is 78.6 Å². The number of hydrogen-bond donors (Lipinski definition) is 1. The molecule has 0 aromatic carbocycles. The van der Waals surface area contributed by atoms with E-state index in [-0.39, 0.29) is 0 Å². The molecule has 2 N–H and O–H groups in total. The summed E-state index contributed by atoms with van der Waals surface area (Å²) in [6, 6.07) is 0.421. The molecule has 0 radical (unpaired) electrons. The van der Waals surface area contributed by atoms with Crippen LogP contribution in [0.15, 0.2) is 0 Å². The summed E-state index contributed by atoms with van der Waals surface area (Å²) in [5.74, 6) is 1.14. The summed E-state index contributed by atoms with van der Waals surface area (Å²) in [5, 5.41) is 0.773. The van der Waals surface area contributed by atoms with E-state index in [1.807, 2.05) is 11.8 Å². The lowest BCUT2D eigenvalue weighted by atomic mass is 10.1. The molecule has 0 heterocycles. The number of thioether (sulfide) groups is 1. The molecule has 17 heavy (non-hydrogen) atoms. The Morgan fingerprint density at radius 1 is 0.941 bits per heavy atom. The van der Waals surface area contributed by atoms with E-state index in [0.717, 1.165) is 11.0 Å². The van der Waals surface area contributed by atoms with Gasteiger partial charge in [-0.3, -0.25) is 0 Å². The first kappa shape index (κ1) is 17.3. The highest BCUT2D eigenvalue weighted by Crippen LogP contribution is 2.16. The maximum Gasteiger partial charge on any atom is 0.0130 e. The van der Waals surface area contributed by atoms with Gasteiger partial charge in [-0.05, 0) is 12.8 Å². The molecule has 2 heteroatoms. The number of nitrogens with two attached hydrogens (primary N) is 1. The van der Waals surface area contributed by atoms with Crippen LogP contribution in [0.3, 0.4) is 0 Å². The fraction of sp³-hybridized carbons (Fsp3) is 1.00. The van der Waals surface area contributed by atoms with Crippen LogP contribution in [0.25, 0.3) is 0 Å². The summed E-state index contributed by atoms with van der Waals surface area (Å²) < 4.78 is 0. The molecule has 0 fully saturated rings. The maximum atomic E-state index is 6.12. The molecule has 0 aliphatic rings. The molecule has 0 saturated carbocycles. The van der Waals surface area contributed by atoms with Crippen molar-refractivity contribution in [1.82, 2.24) is 0 Å².